The molecule has 6 heteroatoms. The second-order valence-corrected chi connectivity index (χ2v) is 3.03. The lowest BCUT2D eigenvalue weighted by atomic mass is 10.1. The molecule has 0 amide bonds. The van der Waals surface area contributed by atoms with Crippen LogP contribution in [0.2, 0.25) is 0 Å². The minimum Gasteiger partial charge on any atom is -0.479 e. The second kappa shape index (κ2) is 3.78. The smallest absolute Gasteiger partial charge is 0.343 e. The number of carboxylic acids is 1. The largest absolute Gasteiger partial charge is 0.479 e. The molecule has 0 aliphatic rings. The first-order valence-corrected chi connectivity index (χ1v) is 4.19. The van der Waals surface area contributed by atoms with Gasteiger partial charge in [0.2, 0.25) is 6.17 Å². The predicted octanol–water partition coefficient (Wildman–Crippen LogP) is 2.78. The van der Waals surface area contributed by atoms with E-state index in [1.165, 1.54) is 0 Å². The highest BCUT2D eigenvalue weighted by Crippen LogP contribution is 2.32. The third kappa shape index (κ3) is 2.00. The maximum atomic E-state index is 12.8. The van der Waals surface area contributed by atoms with Crippen LogP contribution >= 0.6 is 11.3 Å². The number of aliphatic carboxylic acids is 1. The summed E-state index contributed by atoms with van der Waals surface area (Å²) in [6.45, 7) is 0. The number of hydrogen-bond donors (Lipinski definition) is 1. The van der Waals surface area contributed by atoms with Crippen LogP contribution in [0, 0.1) is 0 Å². The molecule has 0 aliphatic heterocycles. The van der Waals surface area contributed by atoms with Crippen LogP contribution in [0.1, 0.15) is 23.7 Å². The lowest BCUT2D eigenvalue weighted by Gasteiger charge is -2.03. The topological polar surface area (TPSA) is 37.3 Å². The number of carbonyl (C=O) groups is 1. The van der Waals surface area contributed by atoms with Crippen LogP contribution in [0.3, 0.4) is 0 Å². The van der Waals surface area contributed by atoms with Crippen LogP contribution in [0.15, 0.2) is 10.8 Å². The highest BCUT2D eigenvalue weighted by molar-refractivity contribution is 7.08. The minimum atomic E-state index is -2.83. The number of carboxylic acid groups (broad SMARTS) is 1. The average Bonchev–Trinajstić information content (AvgIpc) is 2.50. The van der Waals surface area contributed by atoms with Crippen molar-refractivity contribution < 1.29 is 23.1 Å². The van der Waals surface area contributed by atoms with Crippen LogP contribution in [-0.2, 0) is 4.79 Å². The van der Waals surface area contributed by atoms with Gasteiger partial charge in [0, 0.05) is 11.1 Å². The standard InChI is InChI=1S/C7H5F3O2S/c8-5(7(11)12)3-1-13-2-4(3)6(9)10/h1-2,5-6H,(H,11,12). The fourth-order valence-electron chi connectivity index (χ4n) is 0.833. The minimum absolute atomic E-state index is 0.451. The van der Waals surface area contributed by atoms with Crippen LogP contribution in [0.25, 0.3) is 0 Å². The van der Waals surface area contributed by atoms with Gasteiger partial charge in [0.25, 0.3) is 6.43 Å². The van der Waals surface area contributed by atoms with Crippen molar-refractivity contribution in [2.75, 3.05) is 0 Å². The summed E-state index contributed by atoms with van der Waals surface area (Å²) >= 11 is 0.857. The van der Waals surface area contributed by atoms with E-state index in [0.29, 0.717) is 0 Å². The summed E-state index contributed by atoms with van der Waals surface area (Å²) in [7, 11) is 0. The molecule has 1 aromatic heterocycles. The van der Waals surface area contributed by atoms with Crippen LogP contribution in [0.5, 0.6) is 0 Å². The summed E-state index contributed by atoms with van der Waals surface area (Å²) in [4.78, 5) is 10.2. The first-order valence-electron chi connectivity index (χ1n) is 3.25. The number of hydrogen-bond acceptors (Lipinski definition) is 2. The Bertz CT molecular complexity index is 310. The SMILES string of the molecule is O=C(O)C(F)c1cscc1C(F)F. The van der Waals surface area contributed by atoms with E-state index in [-0.39, 0.29) is 0 Å². The Kier molecular flexibility index (Phi) is 2.92. The van der Waals surface area contributed by atoms with E-state index in [1.54, 1.807) is 0 Å². The van der Waals surface area contributed by atoms with E-state index in [0.717, 1.165) is 22.1 Å². The summed E-state index contributed by atoms with van der Waals surface area (Å²) < 4.78 is 37.0. The molecular formula is C7H5F3O2S. The van der Waals surface area contributed by atoms with Crippen molar-refractivity contribution in [2.45, 2.75) is 12.6 Å². The van der Waals surface area contributed by atoms with E-state index in [1.807, 2.05) is 0 Å². The van der Waals surface area contributed by atoms with Gasteiger partial charge in [-0.3, -0.25) is 0 Å². The molecule has 1 atom stereocenters. The maximum Gasteiger partial charge on any atom is 0.343 e. The molecule has 72 valence electrons. The number of thiophene rings is 1. The zero-order valence-electron chi connectivity index (χ0n) is 6.21. The molecular weight excluding hydrogens is 205 g/mol. The molecule has 0 aliphatic carbocycles. The Hall–Kier alpha value is -1.04. The third-order valence-electron chi connectivity index (χ3n) is 1.45. The molecule has 1 aromatic rings. The van der Waals surface area contributed by atoms with Gasteiger partial charge >= 0.3 is 5.97 Å². The number of rotatable bonds is 3. The van der Waals surface area contributed by atoms with Gasteiger partial charge in [-0.05, 0) is 10.8 Å². The van der Waals surface area contributed by atoms with Gasteiger partial charge in [0.05, 0.1) is 0 Å². The van der Waals surface area contributed by atoms with E-state index in [4.69, 9.17) is 5.11 Å². The molecule has 0 bridgehead atoms. The molecule has 1 heterocycles. The Labute approximate surface area is 75.6 Å². The summed E-state index contributed by atoms with van der Waals surface area (Å²) in [6, 6.07) is 0. The van der Waals surface area contributed by atoms with Crippen LogP contribution < -0.4 is 0 Å². The normalized spacial score (nSPS) is 13.2. The fraction of sp³-hybridized carbons (Fsp3) is 0.286. The maximum absolute atomic E-state index is 12.8. The predicted molar refractivity (Wildman–Crippen MR) is 40.8 cm³/mol. The Balaban J connectivity index is 3.00. The molecule has 1 unspecified atom stereocenters. The van der Waals surface area contributed by atoms with Crippen molar-refractivity contribution in [1.29, 1.82) is 0 Å². The van der Waals surface area contributed by atoms with E-state index < -0.39 is 29.7 Å². The van der Waals surface area contributed by atoms with Gasteiger partial charge in [-0.1, -0.05) is 0 Å². The van der Waals surface area contributed by atoms with Crippen molar-refractivity contribution in [1.82, 2.24) is 0 Å². The highest BCUT2D eigenvalue weighted by atomic mass is 32.1. The van der Waals surface area contributed by atoms with Crippen molar-refractivity contribution in [2.24, 2.45) is 0 Å². The van der Waals surface area contributed by atoms with E-state index >= 15 is 0 Å². The summed E-state index contributed by atoms with van der Waals surface area (Å²) in [6.07, 6.45) is -5.20. The molecule has 1 rings (SSSR count). The second-order valence-electron chi connectivity index (χ2n) is 2.28. The number of alkyl halides is 3. The first kappa shape index (κ1) is 10.0. The molecule has 0 spiro atoms. The molecule has 0 fully saturated rings. The Morgan fingerprint density at radius 1 is 1.31 bits per heavy atom. The summed E-state index contributed by atoms with van der Waals surface area (Å²) in [5.74, 6) is -1.75. The van der Waals surface area contributed by atoms with Crippen molar-refractivity contribution in [3.8, 4) is 0 Å². The zero-order chi connectivity index (χ0) is 10.0. The van der Waals surface area contributed by atoms with Gasteiger partial charge in [0.1, 0.15) is 0 Å². The lowest BCUT2D eigenvalue weighted by Crippen LogP contribution is -2.07. The molecule has 0 aromatic carbocycles. The molecule has 1 N–H and O–H groups in total. The molecule has 0 saturated heterocycles. The summed E-state index contributed by atoms with van der Waals surface area (Å²) in [5.41, 5.74) is -0.993. The van der Waals surface area contributed by atoms with Gasteiger partial charge in [0.15, 0.2) is 0 Å². The molecule has 0 radical (unpaired) electrons. The van der Waals surface area contributed by atoms with E-state index in [9.17, 15) is 18.0 Å². The van der Waals surface area contributed by atoms with Crippen LogP contribution in [-0.4, -0.2) is 11.1 Å². The number of halogens is 3. The van der Waals surface area contributed by atoms with Gasteiger partial charge in [-0.25, -0.2) is 18.0 Å². The van der Waals surface area contributed by atoms with Crippen LogP contribution in [0.4, 0.5) is 13.2 Å². The van der Waals surface area contributed by atoms with Crippen molar-refractivity contribution in [3.63, 3.8) is 0 Å². The fourth-order valence-corrected chi connectivity index (χ4v) is 1.69. The van der Waals surface area contributed by atoms with Crippen molar-refractivity contribution in [3.05, 3.63) is 21.9 Å². The Morgan fingerprint density at radius 2 is 1.85 bits per heavy atom. The third-order valence-corrected chi connectivity index (χ3v) is 2.23. The average molecular weight is 210 g/mol. The zero-order valence-corrected chi connectivity index (χ0v) is 7.02. The lowest BCUT2D eigenvalue weighted by molar-refractivity contribution is -0.143. The quantitative estimate of drug-likeness (QED) is 0.832. The highest BCUT2D eigenvalue weighted by Gasteiger charge is 2.25. The van der Waals surface area contributed by atoms with Crippen molar-refractivity contribution >= 4 is 17.3 Å². The monoisotopic (exact) mass is 210 g/mol. The molecule has 13 heavy (non-hydrogen) atoms. The van der Waals surface area contributed by atoms with E-state index in [2.05, 4.69) is 0 Å². The van der Waals surface area contributed by atoms with Gasteiger partial charge in [-0.15, -0.1) is 0 Å². The first-order chi connectivity index (χ1) is 6.04. The molecule has 0 saturated carbocycles. The van der Waals surface area contributed by atoms with Gasteiger partial charge in [-0.2, -0.15) is 11.3 Å². The Morgan fingerprint density at radius 3 is 2.31 bits per heavy atom. The summed E-state index contributed by atoms with van der Waals surface area (Å²) in [5, 5.41) is 10.4. The molecule has 2 nitrogen and oxygen atoms in total. The van der Waals surface area contributed by atoms with Gasteiger partial charge < -0.3 is 5.11 Å².